The van der Waals surface area contributed by atoms with E-state index in [0.717, 1.165) is 55.7 Å². The average Bonchev–Trinajstić information content (AvgIpc) is 2.53. The first-order valence-corrected chi connectivity index (χ1v) is 9.53. The lowest BCUT2D eigenvalue weighted by Gasteiger charge is -2.32. The Kier molecular flexibility index (Phi) is 7.56. The molecule has 22 heavy (non-hydrogen) atoms. The quantitative estimate of drug-likeness (QED) is 0.825. The molecule has 0 radical (unpaired) electrons. The van der Waals surface area contributed by atoms with Crippen molar-refractivity contribution >= 4 is 29.3 Å². The van der Waals surface area contributed by atoms with E-state index in [0.29, 0.717) is 5.75 Å². The minimum absolute atomic E-state index is 0.272. The van der Waals surface area contributed by atoms with Gasteiger partial charge in [-0.25, -0.2) is 0 Å². The Morgan fingerprint density at radius 1 is 1.41 bits per heavy atom. The van der Waals surface area contributed by atoms with Gasteiger partial charge in [0.15, 0.2) is 0 Å². The van der Waals surface area contributed by atoms with Crippen LogP contribution in [0.5, 0.6) is 0 Å². The highest BCUT2D eigenvalue weighted by Gasteiger charge is 2.22. The van der Waals surface area contributed by atoms with Gasteiger partial charge >= 0.3 is 0 Å². The van der Waals surface area contributed by atoms with Crippen molar-refractivity contribution in [3.8, 4) is 0 Å². The van der Waals surface area contributed by atoms with Gasteiger partial charge in [-0.1, -0.05) is 30.7 Å². The molecule has 0 saturated carbocycles. The molecule has 1 aromatic rings. The molecule has 2 rings (SSSR count). The molecule has 1 N–H and O–H groups in total. The minimum atomic E-state index is 0.272. The molecule has 0 atom stereocenters. The number of nitrogens with one attached hydrogen (secondary N) is 1. The van der Waals surface area contributed by atoms with Crippen LogP contribution in [0.25, 0.3) is 0 Å². The number of halogens is 1. The topological polar surface area (TPSA) is 32.3 Å². The molecule has 0 spiro atoms. The van der Waals surface area contributed by atoms with Gasteiger partial charge in [-0.15, -0.1) is 11.8 Å². The second-order valence-corrected chi connectivity index (χ2v) is 7.18. The second-order valence-electron chi connectivity index (χ2n) is 5.75. The number of hydrogen-bond donors (Lipinski definition) is 1. The molecule has 0 aromatic heterocycles. The third-order valence-electron chi connectivity index (χ3n) is 4.03. The Bertz CT molecular complexity index is 475. The standard InChI is InChI=1S/C17H25ClN2OS/c1-2-19-11-14-6-8-20(9-7-14)17(21)13-22-12-15-4-3-5-16(18)10-15/h3-5,10,14,19H,2,6-9,11-13H2,1H3. The number of carbonyl (C=O) groups is 1. The van der Waals surface area contributed by atoms with Crippen LogP contribution in [0.3, 0.4) is 0 Å². The summed E-state index contributed by atoms with van der Waals surface area (Å²) in [5.41, 5.74) is 1.18. The maximum Gasteiger partial charge on any atom is 0.232 e. The Hall–Kier alpha value is -0.710. The van der Waals surface area contributed by atoms with E-state index in [9.17, 15) is 4.79 Å². The smallest absolute Gasteiger partial charge is 0.232 e. The summed E-state index contributed by atoms with van der Waals surface area (Å²) in [6.45, 7) is 6.07. The van der Waals surface area contributed by atoms with E-state index in [-0.39, 0.29) is 5.91 Å². The first-order valence-electron chi connectivity index (χ1n) is 7.99. The zero-order valence-corrected chi connectivity index (χ0v) is 14.8. The van der Waals surface area contributed by atoms with Crippen molar-refractivity contribution < 1.29 is 4.79 Å². The van der Waals surface area contributed by atoms with E-state index in [2.05, 4.69) is 18.3 Å². The Morgan fingerprint density at radius 3 is 2.86 bits per heavy atom. The number of carbonyl (C=O) groups excluding carboxylic acids is 1. The van der Waals surface area contributed by atoms with Gasteiger partial charge in [0.2, 0.25) is 5.91 Å². The van der Waals surface area contributed by atoms with Crippen LogP contribution in [0, 0.1) is 5.92 Å². The highest BCUT2D eigenvalue weighted by atomic mass is 35.5. The first-order chi connectivity index (χ1) is 10.7. The number of rotatable bonds is 7. The van der Waals surface area contributed by atoms with Crippen molar-refractivity contribution in [1.29, 1.82) is 0 Å². The fourth-order valence-electron chi connectivity index (χ4n) is 2.71. The maximum atomic E-state index is 12.2. The van der Waals surface area contributed by atoms with Crippen LogP contribution in [-0.2, 0) is 10.5 Å². The summed E-state index contributed by atoms with van der Waals surface area (Å²) in [6.07, 6.45) is 2.25. The van der Waals surface area contributed by atoms with E-state index in [1.807, 2.05) is 23.1 Å². The van der Waals surface area contributed by atoms with Crippen LogP contribution in [0.4, 0.5) is 0 Å². The van der Waals surface area contributed by atoms with Crippen molar-refractivity contribution in [3.63, 3.8) is 0 Å². The summed E-state index contributed by atoms with van der Waals surface area (Å²) < 4.78 is 0. The molecular formula is C17H25ClN2OS. The Morgan fingerprint density at radius 2 is 2.18 bits per heavy atom. The van der Waals surface area contributed by atoms with Crippen molar-refractivity contribution in [2.75, 3.05) is 31.9 Å². The molecule has 0 unspecified atom stereocenters. The molecule has 0 aliphatic carbocycles. The molecule has 1 aliphatic rings. The summed E-state index contributed by atoms with van der Waals surface area (Å²) >= 11 is 7.64. The maximum absolute atomic E-state index is 12.2. The fraction of sp³-hybridized carbons (Fsp3) is 0.588. The third-order valence-corrected chi connectivity index (χ3v) is 5.26. The predicted octanol–water partition coefficient (Wildman–Crippen LogP) is 3.42. The highest BCUT2D eigenvalue weighted by molar-refractivity contribution is 7.99. The molecule has 1 saturated heterocycles. The average molecular weight is 341 g/mol. The van der Waals surface area contributed by atoms with Crippen LogP contribution >= 0.6 is 23.4 Å². The summed E-state index contributed by atoms with van der Waals surface area (Å²) in [7, 11) is 0. The van der Waals surface area contributed by atoms with E-state index < -0.39 is 0 Å². The zero-order chi connectivity index (χ0) is 15.8. The molecule has 1 aromatic carbocycles. The normalized spacial score (nSPS) is 16.0. The fourth-order valence-corrected chi connectivity index (χ4v) is 3.80. The second kappa shape index (κ2) is 9.43. The summed E-state index contributed by atoms with van der Waals surface area (Å²) in [5, 5.41) is 4.16. The number of nitrogens with zero attached hydrogens (tertiary/aromatic N) is 1. The molecule has 3 nitrogen and oxygen atoms in total. The van der Waals surface area contributed by atoms with Gasteiger partial charge in [0, 0.05) is 23.9 Å². The molecular weight excluding hydrogens is 316 g/mol. The Balaban J connectivity index is 1.66. The van der Waals surface area contributed by atoms with Gasteiger partial charge in [0.05, 0.1) is 5.75 Å². The Labute approximate surface area is 142 Å². The van der Waals surface area contributed by atoms with Crippen LogP contribution in [0.1, 0.15) is 25.3 Å². The van der Waals surface area contributed by atoms with Gasteiger partial charge in [-0.05, 0) is 49.5 Å². The molecule has 1 amide bonds. The van der Waals surface area contributed by atoms with E-state index in [4.69, 9.17) is 11.6 Å². The lowest BCUT2D eigenvalue weighted by molar-refractivity contribution is -0.129. The van der Waals surface area contributed by atoms with Gasteiger partial charge in [0.1, 0.15) is 0 Å². The number of thioether (sulfide) groups is 1. The van der Waals surface area contributed by atoms with Gasteiger partial charge < -0.3 is 10.2 Å². The van der Waals surface area contributed by atoms with E-state index in [1.165, 1.54) is 5.56 Å². The third kappa shape index (κ3) is 5.82. The number of hydrogen-bond acceptors (Lipinski definition) is 3. The van der Waals surface area contributed by atoms with Crippen molar-refractivity contribution in [3.05, 3.63) is 34.9 Å². The van der Waals surface area contributed by atoms with E-state index >= 15 is 0 Å². The number of piperidine rings is 1. The lowest BCUT2D eigenvalue weighted by atomic mass is 9.97. The van der Waals surface area contributed by atoms with Gasteiger partial charge in [0.25, 0.3) is 0 Å². The predicted molar refractivity (Wildman–Crippen MR) is 95.5 cm³/mol. The largest absolute Gasteiger partial charge is 0.342 e. The summed E-state index contributed by atoms with van der Waals surface area (Å²) in [6, 6.07) is 7.84. The van der Waals surface area contributed by atoms with Crippen LogP contribution < -0.4 is 5.32 Å². The van der Waals surface area contributed by atoms with Crippen LogP contribution in [0.15, 0.2) is 24.3 Å². The molecule has 0 bridgehead atoms. The SMILES string of the molecule is CCNCC1CCN(C(=O)CSCc2cccc(Cl)c2)CC1. The van der Waals surface area contributed by atoms with Gasteiger partial charge in [-0.2, -0.15) is 0 Å². The molecule has 1 fully saturated rings. The van der Waals surface area contributed by atoms with Gasteiger partial charge in [-0.3, -0.25) is 4.79 Å². The number of likely N-dealkylation sites (tertiary alicyclic amines) is 1. The molecule has 122 valence electrons. The molecule has 1 aliphatic heterocycles. The monoisotopic (exact) mass is 340 g/mol. The molecule has 1 heterocycles. The molecule has 5 heteroatoms. The van der Waals surface area contributed by atoms with Crippen molar-refractivity contribution in [2.24, 2.45) is 5.92 Å². The number of amides is 1. The van der Waals surface area contributed by atoms with Crippen LogP contribution in [0.2, 0.25) is 5.02 Å². The van der Waals surface area contributed by atoms with E-state index in [1.54, 1.807) is 11.8 Å². The van der Waals surface area contributed by atoms with Crippen molar-refractivity contribution in [1.82, 2.24) is 10.2 Å². The summed E-state index contributed by atoms with van der Waals surface area (Å²) in [5.74, 6) is 2.39. The number of benzene rings is 1. The van der Waals surface area contributed by atoms with Crippen molar-refractivity contribution in [2.45, 2.75) is 25.5 Å². The highest BCUT2D eigenvalue weighted by Crippen LogP contribution is 2.20. The van der Waals surface area contributed by atoms with Crippen LogP contribution in [-0.4, -0.2) is 42.7 Å². The zero-order valence-electron chi connectivity index (χ0n) is 13.2. The lowest BCUT2D eigenvalue weighted by Crippen LogP contribution is -2.41. The first kappa shape index (κ1) is 17.6. The summed E-state index contributed by atoms with van der Waals surface area (Å²) in [4.78, 5) is 14.3. The minimum Gasteiger partial charge on any atom is -0.342 e.